The molecule has 0 spiro atoms. The molecule has 1 aromatic heterocycles. The Balaban J connectivity index is 1.99. The molecule has 4 nitrogen and oxygen atoms in total. The molecule has 98 valence electrons. The number of para-hydroxylation sites is 2. The van der Waals surface area contributed by atoms with E-state index in [1.165, 1.54) is 0 Å². The lowest BCUT2D eigenvalue weighted by atomic mass is 10.2. The van der Waals surface area contributed by atoms with Gasteiger partial charge in [0.1, 0.15) is 17.3 Å². The third-order valence-corrected chi connectivity index (χ3v) is 2.97. The van der Waals surface area contributed by atoms with Gasteiger partial charge in [0.2, 0.25) is 0 Å². The molecular formula is C16H13N3O. The average molecular weight is 263 g/mol. The molecule has 0 atom stereocenters. The number of nitrogens with one attached hydrogen (secondary N) is 1. The van der Waals surface area contributed by atoms with Crippen molar-refractivity contribution in [2.45, 2.75) is 0 Å². The lowest BCUT2D eigenvalue weighted by Gasteiger charge is -2.10. The molecule has 0 saturated heterocycles. The van der Waals surface area contributed by atoms with E-state index in [0.29, 0.717) is 17.1 Å². The maximum atomic E-state index is 7.56. The Morgan fingerprint density at radius 2 is 1.80 bits per heavy atom. The van der Waals surface area contributed by atoms with Gasteiger partial charge in [0, 0.05) is 5.39 Å². The third-order valence-electron chi connectivity index (χ3n) is 2.97. The highest BCUT2D eigenvalue weighted by Gasteiger charge is 2.07. The number of hydrogen-bond acceptors (Lipinski definition) is 3. The van der Waals surface area contributed by atoms with Crippen LogP contribution in [0.25, 0.3) is 10.9 Å². The molecule has 1 heterocycles. The number of nitrogens with zero attached hydrogens (tertiary/aromatic N) is 1. The predicted octanol–water partition coefficient (Wildman–Crippen LogP) is 3.31. The first-order valence-electron chi connectivity index (χ1n) is 6.20. The molecule has 4 heteroatoms. The molecule has 0 fully saturated rings. The first-order chi connectivity index (χ1) is 9.74. The largest absolute Gasteiger partial charge is 0.455 e. The highest BCUT2D eigenvalue weighted by molar-refractivity contribution is 5.97. The Morgan fingerprint density at radius 1 is 1.05 bits per heavy atom. The summed E-state index contributed by atoms with van der Waals surface area (Å²) in [7, 11) is 0. The number of aromatic nitrogens is 1. The van der Waals surface area contributed by atoms with Gasteiger partial charge in [0.25, 0.3) is 0 Å². The summed E-state index contributed by atoms with van der Waals surface area (Å²) < 4.78 is 5.80. The van der Waals surface area contributed by atoms with Gasteiger partial charge >= 0.3 is 0 Å². The van der Waals surface area contributed by atoms with Crippen LogP contribution in [0.1, 0.15) is 5.56 Å². The maximum absolute atomic E-state index is 7.56. The van der Waals surface area contributed by atoms with Crippen LogP contribution in [0.15, 0.2) is 60.8 Å². The predicted molar refractivity (Wildman–Crippen MR) is 79.3 cm³/mol. The summed E-state index contributed by atoms with van der Waals surface area (Å²) in [5, 5.41) is 8.56. The summed E-state index contributed by atoms with van der Waals surface area (Å²) in [6, 6.07) is 16.9. The summed E-state index contributed by atoms with van der Waals surface area (Å²) in [6.45, 7) is 0. The molecule has 0 radical (unpaired) electrons. The van der Waals surface area contributed by atoms with Crippen LogP contribution in [-0.2, 0) is 0 Å². The lowest BCUT2D eigenvalue weighted by Crippen LogP contribution is -2.12. The van der Waals surface area contributed by atoms with Crippen LogP contribution in [0.4, 0.5) is 0 Å². The molecule has 0 aliphatic carbocycles. The van der Waals surface area contributed by atoms with Crippen molar-refractivity contribution in [1.82, 2.24) is 4.98 Å². The van der Waals surface area contributed by atoms with Crippen molar-refractivity contribution in [1.29, 1.82) is 5.41 Å². The van der Waals surface area contributed by atoms with E-state index in [0.717, 1.165) is 10.9 Å². The number of nitrogens with two attached hydrogens (primary N) is 1. The van der Waals surface area contributed by atoms with E-state index in [2.05, 4.69) is 4.98 Å². The van der Waals surface area contributed by atoms with Crippen LogP contribution < -0.4 is 10.5 Å². The van der Waals surface area contributed by atoms with E-state index in [4.69, 9.17) is 15.9 Å². The first kappa shape index (κ1) is 12.2. The fraction of sp³-hybridized carbons (Fsp3) is 0. The zero-order valence-electron chi connectivity index (χ0n) is 10.7. The van der Waals surface area contributed by atoms with Crippen molar-refractivity contribution in [3.05, 3.63) is 66.4 Å². The molecule has 20 heavy (non-hydrogen) atoms. The second kappa shape index (κ2) is 5.01. The quantitative estimate of drug-likeness (QED) is 0.562. The molecule has 0 aliphatic heterocycles. The molecule has 2 aromatic carbocycles. The van der Waals surface area contributed by atoms with Crippen LogP contribution >= 0.6 is 0 Å². The van der Waals surface area contributed by atoms with Crippen LogP contribution in [0.3, 0.4) is 0 Å². The summed E-state index contributed by atoms with van der Waals surface area (Å²) in [6.07, 6.45) is 1.67. The second-order valence-electron chi connectivity index (χ2n) is 4.38. The number of rotatable bonds is 3. The number of nitrogen functional groups attached to an aromatic ring is 1. The zero-order chi connectivity index (χ0) is 13.9. The van der Waals surface area contributed by atoms with E-state index in [9.17, 15) is 0 Å². The average Bonchev–Trinajstić information content (AvgIpc) is 2.47. The molecule has 3 aromatic rings. The molecule has 0 unspecified atom stereocenters. The summed E-state index contributed by atoms with van der Waals surface area (Å²) >= 11 is 0. The van der Waals surface area contributed by atoms with E-state index in [-0.39, 0.29) is 5.84 Å². The van der Waals surface area contributed by atoms with Crippen LogP contribution in [0, 0.1) is 5.41 Å². The lowest BCUT2D eigenvalue weighted by molar-refractivity contribution is 0.480. The SMILES string of the molecule is N=C(N)c1ccccc1Oc1cnc2ccccc2c1. The van der Waals surface area contributed by atoms with Gasteiger partial charge in [-0.1, -0.05) is 30.3 Å². The minimum absolute atomic E-state index is 0.0191. The molecule has 0 bridgehead atoms. The first-order valence-corrected chi connectivity index (χ1v) is 6.20. The molecule has 3 rings (SSSR count). The van der Waals surface area contributed by atoms with E-state index < -0.39 is 0 Å². The van der Waals surface area contributed by atoms with Gasteiger partial charge in [-0.05, 0) is 24.3 Å². The Bertz CT molecular complexity index is 783. The van der Waals surface area contributed by atoms with Gasteiger partial charge in [0.15, 0.2) is 0 Å². The normalized spacial score (nSPS) is 10.4. The van der Waals surface area contributed by atoms with E-state index >= 15 is 0 Å². The fourth-order valence-electron chi connectivity index (χ4n) is 2.01. The van der Waals surface area contributed by atoms with Crippen molar-refractivity contribution in [2.24, 2.45) is 5.73 Å². The standard InChI is InChI=1S/C16H13N3O/c17-16(18)13-6-2-4-8-15(13)20-12-9-11-5-1-3-7-14(11)19-10-12/h1-10H,(H3,17,18). The molecular weight excluding hydrogens is 250 g/mol. The smallest absolute Gasteiger partial charge is 0.146 e. The van der Waals surface area contributed by atoms with Gasteiger partial charge in [-0.15, -0.1) is 0 Å². The van der Waals surface area contributed by atoms with Crippen molar-refractivity contribution in [3.8, 4) is 11.5 Å². The molecule has 3 N–H and O–H groups in total. The minimum Gasteiger partial charge on any atom is -0.455 e. The Morgan fingerprint density at radius 3 is 2.65 bits per heavy atom. The van der Waals surface area contributed by atoms with Crippen LogP contribution in [0.2, 0.25) is 0 Å². The maximum Gasteiger partial charge on any atom is 0.146 e. The van der Waals surface area contributed by atoms with Gasteiger partial charge in [-0.25, -0.2) is 0 Å². The Hall–Kier alpha value is -2.88. The Kier molecular flexibility index (Phi) is 3.05. The topological polar surface area (TPSA) is 72.0 Å². The number of hydrogen-bond donors (Lipinski definition) is 2. The number of benzene rings is 2. The van der Waals surface area contributed by atoms with E-state index in [1.807, 2.05) is 42.5 Å². The fourth-order valence-corrected chi connectivity index (χ4v) is 2.01. The van der Waals surface area contributed by atoms with Crippen molar-refractivity contribution in [3.63, 3.8) is 0 Å². The summed E-state index contributed by atoms with van der Waals surface area (Å²) in [4.78, 5) is 4.34. The van der Waals surface area contributed by atoms with Gasteiger partial charge in [-0.3, -0.25) is 10.4 Å². The Labute approximate surface area is 116 Å². The number of pyridine rings is 1. The van der Waals surface area contributed by atoms with Crippen molar-refractivity contribution >= 4 is 16.7 Å². The van der Waals surface area contributed by atoms with Gasteiger partial charge < -0.3 is 10.5 Å². The van der Waals surface area contributed by atoms with E-state index in [1.54, 1.807) is 18.3 Å². The zero-order valence-corrected chi connectivity index (χ0v) is 10.7. The monoisotopic (exact) mass is 263 g/mol. The molecule has 0 aliphatic rings. The molecule has 0 amide bonds. The van der Waals surface area contributed by atoms with Crippen molar-refractivity contribution < 1.29 is 4.74 Å². The number of fused-ring (bicyclic) bond motifs is 1. The van der Waals surface area contributed by atoms with Gasteiger partial charge in [-0.2, -0.15) is 0 Å². The second-order valence-corrected chi connectivity index (χ2v) is 4.38. The molecule has 0 saturated carbocycles. The number of amidine groups is 1. The third kappa shape index (κ3) is 2.31. The summed E-state index contributed by atoms with van der Waals surface area (Å²) in [5.41, 5.74) is 7.03. The highest BCUT2D eigenvalue weighted by Crippen LogP contribution is 2.26. The highest BCUT2D eigenvalue weighted by atomic mass is 16.5. The van der Waals surface area contributed by atoms with Crippen LogP contribution in [-0.4, -0.2) is 10.8 Å². The van der Waals surface area contributed by atoms with Crippen LogP contribution in [0.5, 0.6) is 11.5 Å². The summed E-state index contributed by atoms with van der Waals surface area (Å²) in [5.74, 6) is 1.16. The van der Waals surface area contributed by atoms with Crippen molar-refractivity contribution in [2.75, 3.05) is 0 Å². The minimum atomic E-state index is -0.0191. The van der Waals surface area contributed by atoms with Gasteiger partial charge in [0.05, 0.1) is 17.3 Å². The number of ether oxygens (including phenoxy) is 1.